The maximum atomic E-state index is 11.7. The first kappa shape index (κ1) is 18.6. The van der Waals surface area contributed by atoms with E-state index in [9.17, 15) is 14.7 Å². The molecule has 0 aliphatic carbocycles. The number of hydrogen-bond donors (Lipinski definition) is 2. The smallest absolute Gasteiger partial charge is 0.407 e. The van der Waals surface area contributed by atoms with Gasteiger partial charge >= 0.3 is 12.1 Å². The Morgan fingerprint density at radius 1 is 1.17 bits per heavy atom. The van der Waals surface area contributed by atoms with E-state index >= 15 is 0 Å². The first-order valence-electron chi connectivity index (χ1n) is 7.09. The molecule has 0 aliphatic rings. The van der Waals surface area contributed by atoms with Gasteiger partial charge in [0.15, 0.2) is 11.5 Å². The highest BCUT2D eigenvalue weighted by Crippen LogP contribution is 2.30. The maximum Gasteiger partial charge on any atom is 0.407 e. The Labute approximate surface area is 135 Å². The third kappa shape index (κ3) is 5.69. The number of alkyl carbamates (subject to hydrolysis) is 1. The van der Waals surface area contributed by atoms with Crippen LogP contribution in [0, 0.1) is 0 Å². The third-order valence-electron chi connectivity index (χ3n) is 2.96. The van der Waals surface area contributed by atoms with E-state index in [0.29, 0.717) is 17.1 Å². The van der Waals surface area contributed by atoms with Gasteiger partial charge in [0.05, 0.1) is 20.1 Å². The number of ether oxygens (including phenoxy) is 3. The SMILES string of the molecule is COc1ccc([C@@H](CNC(=O)OC(C)(C)C)C(=O)O)cc1OC. The van der Waals surface area contributed by atoms with Crippen molar-refractivity contribution in [2.75, 3.05) is 20.8 Å². The number of carboxylic acid groups (broad SMARTS) is 1. The van der Waals surface area contributed by atoms with Crippen LogP contribution in [0.25, 0.3) is 0 Å². The van der Waals surface area contributed by atoms with Crippen molar-refractivity contribution < 1.29 is 28.9 Å². The van der Waals surface area contributed by atoms with Crippen LogP contribution in [0.4, 0.5) is 4.79 Å². The molecule has 128 valence electrons. The summed E-state index contributed by atoms with van der Waals surface area (Å²) >= 11 is 0. The van der Waals surface area contributed by atoms with E-state index in [-0.39, 0.29) is 6.54 Å². The van der Waals surface area contributed by atoms with Crippen molar-refractivity contribution in [3.8, 4) is 11.5 Å². The summed E-state index contributed by atoms with van der Waals surface area (Å²) in [7, 11) is 2.96. The average molecular weight is 325 g/mol. The standard InChI is InChI=1S/C16H23NO6/c1-16(2,3)23-15(20)17-9-11(14(18)19)10-6-7-12(21-4)13(8-10)22-5/h6-8,11H,9H2,1-5H3,(H,17,20)(H,18,19)/t11-/m1/s1. The fraction of sp³-hybridized carbons (Fsp3) is 0.500. The van der Waals surface area contributed by atoms with Gasteiger partial charge in [0.25, 0.3) is 0 Å². The van der Waals surface area contributed by atoms with Crippen molar-refractivity contribution in [1.82, 2.24) is 5.32 Å². The van der Waals surface area contributed by atoms with Crippen molar-refractivity contribution in [2.45, 2.75) is 32.3 Å². The lowest BCUT2D eigenvalue weighted by Crippen LogP contribution is -2.36. The second-order valence-corrected chi connectivity index (χ2v) is 5.89. The summed E-state index contributed by atoms with van der Waals surface area (Å²) in [6.07, 6.45) is -0.663. The number of rotatable bonds is 6. The van der Waals surface area contributed by atoms with Gasteiger partial charge in [0.1, 0.15) is 5.60 Å². The molecule has 0 aliphatic heterocycles. The molecular weight excluding hydrogens is 302 g/mol. The van der Waals surface area contributed by atoms with E-state index < -0.39 is 23.6 Å². The van der Waals surface area contributed by atoms with Crippen LogP contribution >= 0.6 is 0 Å². The van der Waals surface area contributed by atoms with Gasteiger partial charge in [0.2, 0.25) is 0 Å². The van der Waals surface area contributed by atoms with Gasteiger partial charge in [-0.3, -0.25) is 4.79 Å². The number of hydrogen-bond acceptors (Lipinski definition) is 5. The molecule has 0 heterocycles. The van der Waals surface area contributed by atoms with Crippen molar-refractivity contribution in [3.63, 3.8) is 0 Å². The zero-order chi connectivity index (χ0) is 17.6. The molecule has 1 aromatic carbocycles. The lowest BCUT2D eigenvalue weighted by molar-refractivity contribution is -0.138. The molecule has 1 rings (SSSR count). The summed E-state index contributed by atoms with van der Waals surface area (Å²) < 4.78 is 15.4. The monoisotopic (exact) mass is 325 g/mol. The Hall–Kier alpha value is -2.44. The van der Waals surface area contributed by atoms with Crippen molar-refractivity contribution >= 4 is 12.1 Å². The highest BCUT2D eigenvalue weighted by atomic mass is 16.6. The first-order valence-corrected chi connectivity index (χ1v) is 7.09. The Bertz CT molecular complexity index is 564. The summed E-state index contributed by atoms with van der Waals surface area (Å²) in [6.45, 7) is 5.10. The minimum atomic E-state index is -1.06. The van der Waals surface area contributed by atoms with Gasteiger partial charge in [-0.15, -0.1) is 0 Å². The molecule has 0 saturated carbocycles. The molecule has 1 aromatic rings. The molecule has 0 bridgehead atoms. The van der Waals surface area contributed by atoms with Crippen LogP contribution < -0.4 is 14.8 Å². The topological polar surface area (TPSA) is 94.1 Å². The fourth-order valence-corrected chi connectivity index (χ4v) is 1.92. The molecule has 0 radical (unpaired) electrons. The average Bonchev–Trinajstić information content (AvgIpc) is 2.44. The van der Waals surface area contributed by atoms with Gasteiger partial charge in [-0.1, -0.05) is 6.07 Å². The zero-order valence-corrected chi connectivity index (χ0v) is 14.0. The maximum absolute atomic E-state index is 11.7. The number of carboxylic acids is 1. The molecule has 0 aromatic heterocycles. The van der Waals surface area contributed by atoms with Gasteiger partial charge in [0, 0.05) is 6.54 Å². The lowest BCUT2D eigenvalue weighted by atomic mass is 9.98. The summed E-state index contributed by atoms with van der Waals surface area (Å²) in [5.41, 5.74) is -0.155. The minimum Gasteiger partial charge on any atom is -0.493 e. The van der Waals surface area contributed by atoms with Crippen molar-refractivity contribution in [3.05, 3.63) is 23.8 Å². The van der Waals surface area contributed by atoms with Crippen LogP contribution in [0.1, 0.15) is 32.3 Å². The van der Waals surface area contributed by atoms with E-state index in [4.69, 9.17) is 14.2 Å². The molecular formula is C16H23NO6. The molecule has 7 nitrogen and oxygen atoms in total. The summed E-state index contributed by atoms with van der Waals surface area (Å²) in [6, 6.07) is 4.82. The molecule has 0 saturated heterocycles. The number of carbonyl (C=O) groups excluding carboxylic acids is 1. The molecule has 0 spiro atoms. The number of aliphatic carboxylic acids is 1. The second-order valence-electron chi connectivity index (χ2n) is 5.89. The normalized spacial score (nSPS) is 12.2. The number of nitrogens with one attached hydrogen (secondary N) is 1. The summed E-state index contributed by atoms with van der Waals surface area (Å²) in [4.78, 5) is 23.2. The first-order chi connectivity index (χ1) is 10.7. The molecule has 1 amide bonds. The van der Waals surface area contributed by atoms with E-state index in [1.807, 2.05) is 0 Å². The van der Waals surface area contributed by atoms with Gasteiger partial charge in [-0.25, -0.2) is 4.79 Å². The molecule has 23 heavy (non-hydrogen) atoms. The number of benzene rings is 1. The fourth-order valence-electron chi connectivity index (χ4n) is 1.92. The largest absolute Gasteiger partial charge is 0.493 e. The van der Waals surface area contributed by atoms with Crippen LogP contribution in [0.5, 0.6) is 11.5 Å². The van der Waals surface area contributed by atoms with E-state index in [1.54, 1.807) is 39.0 Å². The van der Waals surface area contributed by atoms with E-state index in [0.717, 1.165) is 0 Å². The highest BCUT2D eigenvalue weighted by molar-refractivity contribution is 5.78. The quantitative estimate of drug-likeness (QED) is 0.834. The van der Waals surface area contributed by atoms with E-state index in [2.05, 4.69) is 5.32 Å². The molecule has 2 N–H and O–H groups in total. The van der Waals surface area contributed by atoms with Gasteiger partial charge < -0.3 is 24.6 Å². The number of methoxy groups -OCH3 is 2. The summed E-state index contributed by atoms with van der Waals surface area (Å²) in [5.74, 6) is -1.07. The van der Waals surface area contributed by atoms with Crippen LogP contribution in [0.3, 0.4) is 0 Å². The Morgan fingerprint density at radius 2 is 1.78 bits per heavy atom. The lowest BCUT2D eigenvalue weighted by Gasteiger charge is -2.21. The van der Waals surface area contributed by atoms with Crippen molar-refractivity contribution in [2.24, 2.45) is 0 Å². The van der Waals surface area contributed by atoms with Crippen LogP contribution in [0.2, 0.25) is 0 Å². The molecule has 0 fully saturated rings. The predicted octanol–water partition coefficient (Wildman–Crippen LogP) is 2.40. The zero-order valence-electron chi connectivity index (χ0n) is 14.0. The minimum absolute atomic E-state index is 0.0975. The van der Waals surface area contributed by atoms with Crippen LogP contribution in [-0.4, -0.2) is 43.5 Å². The Balaban J connectivity index is 2.87. The van der Waals surface area contributed by atoms with Crippen LogP contribution in [0.15, 0.2) is 18.2 Å². The Morgan fingerprint density at radius 3 is 2.26 bits per heavy atom. The van der Waals surface area contributed by atoms with Gasteiger partial charge in [-0.05, 0) is 38.5 Å². The van der Waals surface area contributed by atoms with Gasteiger partial charge in [-0.2, -0.15) is 0 Å². The molecule has 7 heteroatoms. The number of amides is 1. The van der Waals surface area contributed by atoms with Crippen LogP contribution in [-0.2, 0) is 9.53 Å². The molecule has 0 unspecified atom stereocenters. The predicted molar refractivity (Wildman–Crippen MR) is 84.2 cm³/mol. The van der Waals surface area contributed by atoms with Crippen molar-refractivity contribution in [1.29, 1.82) is 0 Å². The molecule has 1 atom stereocenters. The van der Waals surface area contributed by atoms with E-state index in [1.165, 1.54) is 14.2 Å². The second kappa shape index (κ2) is 7.71. The third-order valence-corrected chi connectivity index (χ3v) is 2.96. The number of carbonyl (C=O) groups is 2. The Kier molecular flexibility index (Phi) is 6.24. The highest BCUT2D eigenvalue weighted by Gasteiger charge is 2.24. The summed E-state index contributed by atoms with van der Waals surface area (Å²) in [5, 5.41) is 11.9.